The second kappa shape index (κ2) is 6.65. The average molecular weight is 356 g/mol. The molecule has 7 heteroatoms. The first kappa shape index (κ1) is 13.5. The van der Waals surface area contributed by atoms with E-state index in [0.29, 0.717) is 3.61 Å². The van der Waals surface area contributed by atoms with Gasteiger partial charge in [0, 0.05) is 0 Å². The molecule has 0 aromatic carbocycles. The van der Waals surface area contributed by atoms with Gasteiger partial charge < -0.3 is 19.2 Å². The maximum atomic E-state index is 7.33. The number of rotatable bonds is 1. The van der Waals surface area contributed by atoms with Crippen LogP contribution in [0.4, 0.5) is 0 Å². The summed E-state index contributed by atoms with van der Waals surface area (Å²) in [5, 5.41) is 0. The minimum atomic E-state index is -4.61. The maximum absolute atomic E-state index is 7.33. The molecule has 0 aliphatic rings. The molecule has 0 saturated carbocycles. The van der Waals surface area contributed by atoms with Crippen LogP contribution in [0, 0.1) is 0 Å². The molecule has 5 nitrogen and oxygen atoms in total. The molecule has 59 valence electrons. The van der Waals surface area contributed by atoms with E-state index in [9.17, 15) is 0 Å². The standard InChI is InChI=1S/C3H7O.Hg.H4O4Si/c1-3-4-2;;1-5(2,3)4/h3H,1-2H3;;1-4H. The first-order valence-corrected chi connectivity index (χ1v) is 7.49. The summed E-state index contributed by atoms with van der Waals surface area (Å²) in [4.78, 5) is 29.3. The summed E-state index contributed by atoms with van der Waals surface area (Å²) in [6, 6.07) is 0. The Kier molecular flexibility index (Phi) is 9.00. The Bertz CT molecular complexity index is 65.8. The van der Waals surface area contributed by atoms with Gasteiger partial charge in [0.2, 0.25) is 0 Å². The van der Waals surface area contributed by atoms with Gasteiger partial charge in [0.05, 0.1) is 0 Å². The van der Waals surface area contributed by atoms with E-state index in [-0.39, 0.29) is 0 Å². The van der Waals surface area contributed by atoms with E-state index >= 15 is 0 Å². The molecule has 0 aliphatic heterocycles. The SMILES string of the molecule is CO[CH](C)[Hg].O[Si](O)(O)O. The molecule has 0 radical (unpaired) electrons. The first-order valence-electron chi connectivity index (χ1n) is 2.52. The van der Waals surface area contributed by atoms with Crippen LogP contribution in [0.25, 0.3) is 0 Å². The molecule has 4 N–H and O–H groups in total. The van der Waals surface area contributed by atoms with E-state index in [1.165, 1.54) is 0 Å². The number of methoxy groups -OCH3 is 1. The molecule has 10 heavy (non-hydrogen) atoms. The Balaban J connectivity index is 0. The van der Waals surface area contributed by atoms with Crippen molar-refractivity contribution < 1.29 is 50.0 Å². The smallest absolute Gasteiger partial charge is 0.368 e. The molecule has 0 aromatic heterocycles. The fraction of sp³-hybridized carbons (Fsp3) is 1.00. The van der Waals surface area contributed by atoms with Crippen LogP contribution in [-0.4, -0.2) is 39.0 Å². The van der Waals surface area contributed by atoms with Crippen molar-refractivity contribution in [2.24, 2.45) is 0 Å². The van der Waals surface area contributed by atoms with E-state index in [0.717, 1.165) is 26.1 Å². The van der Waals surface area contributed by atoms with Crippen molar-refractivity contribution in [2.75, 3.05) is 7.11 Å². The second-order valence-electron chi connectivity index (χ2n) is 1.65. The third-order valence-corrected chi connectivity index (χ3v) is 1.70. The van der Waals surface area contributed by atoms with Crippen LogP contribution in [0.3, 0.4) is 0 Å². The van der Waals surface area contributed by atoms with E-state index in [1.807, 2.05) is 0 Å². The molecule has 0 rings (SSSR count). The molecule has 0 spiro atoms. The fourth-order valence-corrected chi connectivity index (χ4v) is 0. The zero-order valence-corrected chi connectivity index (χ0v) is 12.5. The van der Waals surface area contributed by atoms with Gasteiger partial charge in [0.15, 0.2) is 0 Å². The van der Waals surface area contributed by atoms with E-state index < -0.39 is 9.05 Å². The quantitative estimate of drug-likeness (QED) is 0.405. The Labute approximate surface area is 76.7 Å². The molecule has 0 saturated heterocycles. The number of hydrogen-bond acceptors (Lipinski definition) is 5. The Morgan fingerprint density at radius 3 is 1.40 bits per heavy atom. The van der Waals surface area contributed by atoms with Gasteiger partial charge in [-0.15, -0.1) is 0 Å². The van der Waals surface area contributed by atoms with Crippen LogP contribution >= 0.6 is 0 Å². The van der Waals surface area contributed by atoms with Crippen molar-refractivity contribution in [1.82, 2.24) is 0 Å². The summed E-state index contributed by atoms with van der Waals surface area (Å²) in [5.74, 6) is 0. The minimum absolute atomic E-state index is 0.579. The third-order valence-electron chi connectivity index (χ3n) is 0.402. The topological polar surface area (TPSA) is 90.2 Å². The van der Waals surface area contributed by atoms with Crippen molar-refractivity contribution >= 4 is 9.05 Å². The first-order chi connectivity index (χ1) is 4.27. The van der Waals surface area contributed by atoms with Gasteiger partial charge >= 0.3 is 57.6 Å². The molecule has 0 fully saturated rings. The molecular formula is C3H11HgO5Si. The maximum Gasteiger partial charge on any atom is 0.668 e. The molecule has 0 aromatic rings. The van der Waals surface area contributed by atoms with Crippen molar-refractivity contribution in [3.05, 3.63) is 0 Å². The minimum Gasteiger partial charge on any atom is -0.368 e. The molecule has 0 aliphatic carbocycles. The molecule has 0 bridgehead atoms. The van der Waals surface area contributed by atoms with Gasteiger partial charge in [-0.25, -0.2) is 0 Å². The molecule has 1 atom stereocenters. The van der Waals surface area contributed by atoms with Crippen molar-refractivity contribution in [3.8, 4) is 0 Å². The molecule has 0 amide bonds. The molecule has 0 heterocycles. The van der Waals surface area contributed by atoms with Gasteiger partial charge in [-0.2, -0.15) is 0 Å². The predicted octanol–water partition coefficient (Wildman–Crippen LogP) is -2.08. The Morgan fingerprint density at radius 2 is 1.40 bits per heavy atom. The van der Waals surface area contributed by atoms with Crippen LogP contribution in [0.1, 0.15) is 6.92 Å². The zero-order chi connectivity index (χ0) is 8.78. The predicted molar refractivity (Wildman–Crippen MR) is 31.1 cm³/mol. The second-order valence-corrected chi connectivity index (χ2v) is 7.32. The van der Waals surface area contributed by atoms with Crippen LogP contribution in [0.2, 0.25) is 0 Å². The average Bonchev–Trinajstić information content (AvgIpc) is 1.61. The summed E-state index contributed by atoms with van der Waals surface area (Å²) < 4.78 is 5.42. The van der Waals surface area contributed by atoms with E-state index in [1.54, 1.807) is 7.11 Å². The summed E-state index contributed by atoms with van der Waals surface area (Å²) in [6.45, 7) is 2.09. The summed E-state index contributed by atoms with van der Waals surface area (Å²) in [5.41, 5.74) is 0. The molecule has 1 unspecified atom stereocenters. The van der Waals surface area contributed by atoms with Crippen LogP contribution < -0.4 is 0 Å². The van der Waals surface area contributed by atoms with Crippen molar-refractivity contribution in [1.29, 1.82) is 0 Å². The summed E-state index contributed by atoms with van der Waals surface area (Å²) >= 11 is 0.806. The van der Waals surface area contributed by atoms with Crippen LogP contribution in [0.5, 0.6) is 0 Å². The van der Waals surface area contributed by atoms with Gasteiger partial charge in [-0.3, -0.25) is 0 Å². The van der Waals surface area contributed by atoms with Gasteiger partial charge in [0.1, 0.15) is 0 Å². The van der Waals surface area contributed by atoms with Crippen LogP contribution in [-0.2, 0) is 30.9 Å². The van der Waals surface area contributed by atoms with Gasteiger partial charge in [-0.05, 0) is 0 Å². The fourth-order valence-electron chi connectivity index (χ4n) is 0. The normalized spacial score (nSPS) is 13.6. The summed E-state index contributed by atoms with van der Waals surface area (Å²) in [6.07, 6.45) is 0. The Morgan fingerprint density at radius 1 is 1.30 bits per heavy atom. The Hall–Kier alpha value is 0.952. The van der Waals surface area contributed by atoms with Crippen molar-refractivity contribution in [2.45, 2.75) is 10.5 Å². The third kappa shape index (κ3) is 65.0. The van der Waals surface area contributed by atoms with Crippen LogP contribution in [0.15, 0.2) is 0 Å². The molecular weight excluding hydrogens is 345 g/mol. The van der Waals surface area contributed by atoms with Gasteiger partial charge in [-0.1, -0.05) is 0 Å². The van der Waals surface area contributed by atoms with E-state index in [4.69, 9.17) is 23.9 Å². The largest absolute Gasteiger partial charge is 0.668 e. The number of ether oxygens (including phenoxy) is 1. The number of hydrogen-bond donors (Lipinski definition) is 4. The van der Waals surface area contributed by atoms with Crippen molar-refractivity contribution in [3.63, 3.8) is 0 Å². The summed E-state index contributed by atoms with van der Waals surface area (Å²) in [7, 11) is -2.86. The van der Waals surface area contributed by atoms with Gasteiger partial charge in [0.25, 0.3) is 0 Å². The monoisotopic (exact) mass is 357 g/mol. The van der Waals surface area contributed by atoms with E-state index in [2.05, 4.69) is 6.92 Å². The zero-order valence-electron chi connectivity index (χ0n) is 5.98.